The van der Waals surface area contributed by atoms with Crippen molar-refractivity contribution in [2.75, 3.05) is 0 Å². The fraction of sp³-hybridized carbons (Fsp3) is 0.500. The van der Waals surface area contributed by atoms with Gasteiger partial charge in [0, 0.05) is 6.42 Å². The maximum Gasteiger partial charge on any atom is 0.155 e. The van der Waals surface area contributed by atoms with Gasteiger partial charge >= 0.3 is 0 Å². The highest BCUT2D eigenvalue weighted by molar-refractivity contribution is 5.92. The Morgan fingerprint density at radius 1 is 1.67 bits per heavy atom. The molecule has 0 aromatic rings. The molecule has 0 heterocycles. The zero-order valence-electron chi connectivity index (χ0n) is 5.29. The van der Waals surface area contributed by atoms with Crippen LogP contribution in [0.1, 0.15) is 13.3 Å². The van der Waals surface area contributed by atoms with Gasteiger partial charge in [0.25, 0.3) is 0 Å². The van der Waals surface area contributed by atoms with E-state index >= 15 is 0 Å². The monoisotopic (exact) mass is 130 g/mol. The number of aliphatic hydroxyl groups is 2. The van der Waals surface area contributed by atoms with Gasteiger partial charge < -0.3 is 10.2 Å². The van der Waals surface area contributed by atoms with Crippen molar-refractivity contribution in [1.82, 2.24) is 0 Å². The molecule has 0 aliphatic heterocycles. The summed E-state index contributed by atoms with van der Waals surface area (Å²) in [6.07, 6.45) is -1.52. The van der Waals surface area contributed by atoms with E-state index < -0.39 is 6.29 Å². The molecule has 3 heteroatoms. The fourth-order valence-electron chi connectivity index (χ4n) is 0.364. The third-order valence-electron chi connectivity index (χ3n) is 0.927. The number of Topliss-reactive ketones (excluding diaryl/α,β-unsaturated/α-hetero) is 1. The van der Waals surface area contributed by atoms with Crippen LogP contribution in [-0.4, -0.2) is 22.3 Å². The maximum absolute atomic E-state index is 10.4. The first kappa shape index (κ1) is 8.33. The van der Waals surface area contributed by atoms with Crippen molar-refractivity contribution >= 4 is 5.78 Å². The maximum atomic E-state index is 10.4. The first-order chi connectivity index (χ1) is 4.04. The molecule has 0 aliphatic rings. The van der Waals surface area contributed by atoms with Crippen LogP contribution in [0.25, 0.3) is 0 Å². The molecular formula is C6H10O3. The molecule has 0 fully saturated rings. The molecule has 0 atom stereocenters. The highest BCUT2D eigenvalue weighted by Crippen LogP contribution is 2.00. The Labute approximate surface area is 53.6 Å². The van der Waals surface area contributed by atoms with Gasteiger partial charge in [-0.2, -0.15) is 0 Å². The van der Waals surface area contributed by atoms with E-state index in [-0.39, 0.29) is 17.8 Å². The molecule has 0 unspecified atom stereocenters. The molecule has 9 heavy (non-hydrogen) atoms. The number of ketones is 1. The van der Waals surface area contributed by atoms with Gasteiger partial charge in [0.05, 0.1) is 0 Å². The van der Waals surface area contributed by atoms with E-state index in [9.17, 15) is 4.79 Å². The molecule has 0 rings (SSSR count). The molecule has 0 radical (unpaired) electrons. The standard InChI is InChI=1S/C6H10O3/c1-4(5(2)7)3-6(8)9/h6,8-9H,1,3H2,2H3. The Kier molecular flexibility index (Phi) is 3.12. The van der Waals surface area contributed by atoms with E-state index in [4.69, 9.17) is 10.2 Å². The van der Waals surface area contributed by atoms with Crippen molar-refractivity contribution in [2.24, 2.45) is 0 Å². The number of hydrogen-bond donors (Lipinski definition) is 2. The average molecular weight is 130 g/mol. The Balaban J connectivity index is 3.65. The van der Waals surface area contributed by atoms with Gasteiger partial charge in [-0.25, -0.2) is 0 Å². The summed E-state index contributed by atoms with van der Waals surface area (Å²) < 4.78 is 0. The van der Waals surface area contributed by atoms with Crippen molar-refractivity contribution in [2.45, 2.75) is 19.6 Å². The third-order valence-corrected chi connectivity index (χ3v) is 0.927. The first-order valence-electron chi connectivity index (χ1n) is 2.59. The van der Waals surface area contributed by atoms with Gasteiger partial charge in [0.2, 0.25) is 0 Å². The highest BCUT2D eigenvalue weighted by atomic mass is 16.5. The van der Waals surface area contributed by atoms with E-state index in [0.29, 0.717) is 0 Å². The first-order valence-corrected chi connectivity index (χ1v) is 2.59. The molecule has 2 N–H and O–H groups in total. The predicted molar refractivity (Wildman–Crippen MR) is 32.7 cm³/mol. The Morgan fingerprint density at radius 2 is 2.11 bits per heavy atom. The highest BCUT2D eigenvalue weighted by Gasteiger charge is 2.04. The average Bonchev–Trinajstić information content (AvgIpc) is 1.63. The van der Waals surface area contributed by atoms with Crippen molar-refractivity contribution in [3.63, 3.8) is 0 Å². The molecule has 0 amide bonds. The van der Waals surface area contributed by atoms with Crippen LogP contribution in [0.3, 0.4) is 0 Å². The molecule has 0 aromatic carbocycles. The van der Waals surface area contributed by atoms with Crippen molar-refractivity contribution in [1.29, 1.82) is 0 Å². The normalized spacial score (nSPS) is 9.78. The summed E-state index contributed by atoms with van der Waals surface area (Å²) in [5, 5.41) is 16.6. The van der Waals surface area contributed by atoms with E-state index in [0.717, 1.165) is 0 Å². The number of hydrogen-bond acceptors (Lipinski definition) is 3. The summed E-state index contributed by atoms with van der Waals surface area (Å²) in [5.74, 6) is -0.205. The fourth-order valence-corrected chi connectivity index (χ4v) is 0.364. The van der Waals surface area contributed by atoms with Gasteiger partial charge in [-0.15, -0.1) is 0 Å². The summed E-state index contributed by atoms with van der Waals surface area (Å²) in [6, 6.07) is 0. The molecule has 0 saturated heterocycles. The van der Waals surface area contributed by atoms with Crippen LogP contribution in [0.4, 0.5) is 0 Å². The minimum Gasteiger partial charge on any atom is -0.368 e. The minimum atomic E-state index is -1.46. The Morgan fingerprint density at radius 3 is 2.22 bits per heavy atom. The van der Waals surface area contributed by atoms with Gasteiger partial charge in [-0.1, -0.05) is 6.58 Å². The lowest BCUT2D eigenvalue weighted by molar-refractivity contribution is -0.115. The number of aliphatic hydroxyl groups excluding tert-OH is 1. The Bertz CT molecular complexity index is 126. The van der Waals surface area contributed by atoms with Crippen LogP contribution in [0.5, 0.6) is 0 Å². The second kappa shape index (κ2) is 3.37. The summed E-state index contributed by atoms with van der Waals surface area (Å²) in [5.41, 5.74) is 0.241. The number of carbonyl (C=O) groups excluding carboxylic acids is 1. The topological polar surface area (TPSA) is 57.5 Å². The molecule has 52 valence electrons. The number of rotatable bonds is 3. The van der Waals surface area contributed by atoms with Gasteiger partial charge in [-0.3, -0.25) is 4.79 Å². The van der Waals surface area contributed by atoms with Gasteiger partial charge in [0.1, 0.15) is 0 Å². The molecule has 0 bridgehead atoms. The largest absolute Gasteiger partial charge is 0.368 e. The van der Waals surface area contributed by atoms with E-state index in [1.807, 2.05) is 0 Å². The Hall–Kier alpha value is -0.670. The molecule has 0 aliphatic carbocycles. The van der Waals surface area contributed by atoms with Crippen LogP contribution >= 0.6 is 0 Å². The zero-order valence-corrected chi connectivity index (χ0v) is 5.29. The van der Waals surface area contributed by atoms with Crippen LogP contribution in [0, 0.1) is 0 Å². The minimum absolute atomic E-state index is 0.0602. The van der Waals surface area contributed by atoms with Crippen molar-refractivity contribution in [3.8, 4) is 0 Å². The van der Waals surface area contributed by atoms with Crippen LogP contribution < -0.4 is 0 Å². The second-order valence-corrected chi connectivity index (χ2v) is 1.84. The van der Waals surface area contributed by atoms with Gasteiger partial charge in [0.15, 0.2) is 12.1 Å². The quantitative estimate of drug-likeness (QED) is 0.412. The molecule has 0 spiro atoms. The SMILES string of the molecule is C=C(CC(O)O)C(C)=O. The smallest absolute Gasteiger partial charge is 0.155 e. The van der Waals surface area contributed by atoms with Crippen LogP contribution in [-0.2, 0) is 4.79 Å². The lowest BCUT2D eigenvalue weighted by atomic mass is 10.1. The number of carbonyl (C=O) groups is 1. The summed E-state index contributed by atoms with van der Waals surface area (Å²) >= 11 is 0. The lowest BCUT2D eigenvalue weighted by Gasteiger charge is -2.01. The van der Waals surface area contributed by atoms with E-state index in [1.165, 1.54) is 6.92 Å². The zero-order chi connectivity index (χ0) is 7.44. The van der Waals surface area contributed by atoms with Crippen LogP contribution in [0.2, 0.25) is 0 Å². The van der Waals surface area contributed by atoms with Crippen molar-refractivity contribution in [3.05, 3.63) is 12.2 Å². The predicted octanol–water partition coefficient (Wildman–Crippen LogP) is -0.168. The molecule has 3 nitrogen and oxygen atoms in total. The molecular weight excluding hydrogens is 120 g/mol. The van der Waals surface area contributed by atoms with Crippen LogP contribution in [0.15, 0.2) is 12.2 Å². The summed E-state index contributed by atoms with van der Waals surface area (Å²) in [7, 11) is 0. The molecule has 0 saturated carbocycles. The third kappa shape index (κ3) is 3.88. The van der Waals surface area contributed by atoms with E-state index in [1.54, 1.807) is 0 Å². The van der Waals surface area contributed by atoms with Gasteiger partial charge in [-0.05, 0) is 12.5 Å². The van der Waals surface area contributed by atoms with Crippen molar-refractivity contribution < 1.29 is 15.0 Å². The lowest BCUT2D eigenvalue weighted by Crippen LogP contribution is -2.08. The molecule has 0 aromatic heterocycles. The van der Waals surface area contributed by atoms with E-state index in [2.05, 4.69) is 6.58 Å². The summed E-state index contributed by atoms with van der Waals surface area (Å²) in [4.78, 5) is 10.4. The second-order valence-electron chi connectivity index (χ2n) is 1.84. The summed E-state index contributed by atoms with van der Waals surface area (Å²) in [6.45, 7) is 4.66.